The largest absolute Gasteiger partial charge is 0.502 e. The lowest BCUT2D eigenvalue weighted by atomic mass is 10.1. The topological polar surface area (TPSA) is 66.8 Å². The van der Waals surface area contributed by atoms with E-state index < -0.39 is 11.5 Å². The summed E-state index contributed by atoms with van der Waals surface area (Å²) in [6.07, 6.45) is 2.98. The molecule has 0 aromatic carbocycles. The minimum absolute atomic E-state index is 0.151. The molecule has 0 fully saturated rings. The highest BCUT2D eigenvalue weighted by Gasteiger charge is 2.16. The van der Waals surface area contributed by atoms with Gasteiger partial charge in [0, 0.05) is 6.42 Å². The number of hydrogen-bond acceptors (Lipinski definition) is 4. The van der Waals surface area contributed by atoms with Gasteiger partial charge in [-0.25, -0.2) is 5.26 Å². The van der Waals surface area contributed by atoms with E-state index >= 15 is 0 Å². The third-order valence-electron chi connectivity index (χ3n) is 1.17. The summed E-state index contributed by atoms with van der Waals surface area (Å²) >= 11 is 0. The molecule has 0 atom stereocenters. The normalized spacial score (nSPS) is 17.9. The van der Waals surface area contributed by atoms with Gasteiger partial charge in [0.2, 0.25) is 17.3 Å². The molecule has 2 N–H and O–H groups in total. The van der Waals surface area contributed by atoms with Crippen LogP contribution in [0.2, 0.25) is 0 Å². The molecule has 1 aliphatic rings. The highest BCUT2D eigenvalue weighted by Crippen LogP contribution is 2.12. The molecule has 1 rings (SSSR count). The summed E-state index contributed by atoms with van der Waals surface area (Å²) < 4.78 is 0. The van der Waals surface area contributed by atoms with Crippen LogP contribution in [-0.4, -0.2) is 16.1 Å². The fraction of sp³-hybridized carbons (Fsp3) is 0.167. The minimum atomic E-state index is -0.523. The minimum Gasteiger partial charge on any atom is -0.502 e. The standard InChI is InChI=1S/C6H6O4/c7-4-2-1-3-5(10-9)6(4)8/h1,3,8-9H,2H2. The summed E-state index contributed by atoms with van der Waals surface area (Å²) in [5, 5.41) is 16.9. The van der Waals surface area contributed by atoms with Crippen molar-refractivity contribution in [3.05, 3.63) is 23.7 Å². The number of ketones is 1. The second kappa shape index (κ2) is 2.53. The smallest absolute Gasteiger partial charge is 0.210 e. The van der Waals surface area contributed by atoms with E-state index in [9.17, 15) is 4.79 Å². The lowest BCUT2D eigenvalue weighted by Gasteiger charge is -2.04. The van der Waals surface area contributed by atoms with E-state index in [-0.39, 0.29) is 12.2 Å². The molecule has 4 nitrogen and oxygen atoms in total. The third-order valence-corrected chi connectivity index (χ3v) is 1.17. The summed E-state index contributed by atoms with van der Waals surface area (Å²) in [4.78, 5) is 14.3. The Bertz CT molecular complexity index is 214. The van der Waals surface area contributed by atoms with Crippen LogP contribution in [0, 0.1) is 0 Å². The molecule has 54 valence electrons. The molecule has 0 aromatic rings. The van der Waals surface area contributed by atoms with Gasteiger partial charge in [0.15, 0.2) is 0 Å². The van der Waals surface area contributed by atoms with E-state index in [1.807, 2.05) is 0 Å². The predicted molar refractivity (Wildman–Crippen MR) is 32.1 cm³/mol. The average Bonchev–Trinajstić information content (AvgIpc) is 1.95. The maximum absolute atomic E-state index is 10.6. The summed E-state index contributed by atoms with van der Waals surface area (Å²) in [6, 6.07) is 0. The molecule has 0 unspecified atom stereocenters. The maximum atomic E-state index is 10.6. The first-order chi connectivity index (χ1) is 4.75. The van der Waals surface area contributed by atoms with Gasteiger partial charge in [0.05, 0.1) is 0 Å². The van der Waals surface area contributed by atoms with Gasteiger partial charge in [-0.2, -0.15) is 0 Å². The van der Waals surface area contributed by atoms with Gasteiger partial charge in [-0.1, -0.05) is 6.08 Å². The molecule has 0 saturated carbocycles. The van der Waals surface area contributed by atoms with E-state index in [0.717, 1.165) is 0 Å². The fourth-order valence-electron chi connectivity index (χ4n) is 0.660. The molecule has 0 spiro atoms. The van der Waals surface area contributed by atoms with Crippen molar-refractivity contribution in [3.8, 4) is 0 Å². The van der Waals surface area contributed by atoms with Crippen LogP contribution in [0.3, 0.4) is 0 Å². The molecular formula is C6H6O4. The van der Waals surface area contributed by atoms with E-state index in [4.69, 9.17) is 10.4 Å². The van der Waals surface area contributed by atoms with E-state index in [2.05, 4.69) is 4.89 Å². The number of rotatable bonds is 1. The zero-order chi connectivity index (χ0) is 7.56. The Labute approximate surface area is 57.0 Å². The Kier molecular flexibility index (Phi) is 1.73. The number of aliphatic hydroxyl groups is 1. The number of aliphatic hydroxyl groups excluding tert-OH is 1. The van der Waals surface area contributed by atoms with Gasteiger partial charge in [-0.15, -0.1) is 0 Å². The molecule has 0 amide bonds. The number of carbonyl (C=O) groups is 1. The highest BCUT2D eigenvalue weighted by molar-refractivity contribution is 5.95. The van der Waals surface area contributed by atoms with Crippen LogP contribution in [0.4, 0.5) is 0 Å². The molecule has 0 bridgehead atoms. The molecule has 0 radical (unpaired) electrons. The monoisotopic (exact) mass is 142 g/mol. The first-order valence-electron chi connectivity index (χ1n) is 2.70. The van der Waals surface area contributed by atoms with Crippen LogP contribution in [0.1, 0.15) is 6.42 Å². The van der Waals surface area contributed by atoms with Crippen LogP contribution in [0.5, 0.6) is 0 Å². The van der Waals surface area contributed by atoms with Crippen molar-refractivity contribution in [2.75, 3.05) is 0 Å². The summed E-state index contributed by atoms with van der Waals surface area (Å²) in [5.41, 5.74) is 0. The maximum Gasteiger partial charge on any atom is 0.210 e. The van der Waals surface area contributed by atoms with Crippen molar-refractivity contribution < 1.29 is 20.0 Å². The van der Waals surface area contributed by atoms with Crippen molar-refractivity contribution in [2.45, 2.75) is 6.42 Å². The molecule has 0 heterocycles. The van der Waals surface area contributed by atoms with Crippen LogP contribution >= 0.6 is 0 Å². The summed E-state index contributed by atoms with van der Waals surface area (Å²) in [7, 11) is 0. The van der Waals surface area contributed by atoms with Crippen molar-refractivity contribution in [2.24, 2.45) is 0 Å². The highest BCUT2D eigenvalue weighted by atomic mass is 17.1. The lowest BCUT2D eigenvalue weighted by Crippen LogP contribution is -2.08. The zero-order valence-corrected chi connectivity index (χ0v) is 5.07. The average molecular weight is 142 g/mol. The lowest BCUT2D eigenvalue weighted by molar-refractivity contribution is -0.201. The van der Waals surface area contributed by atoms with Gasteiger partial charge in [0.1, 0.15) is 0 Å². The SMILES string of the molecule is O=C1CC=CC(OO)=C1O. The molecule has 0 aromatic heterocycles. The van der Waals surface area contributed by atoms with Crippen molar-refractivity contribution in [1.29, 1.82) is 0 Å². The Balaban J connectivity index is 2.93. The van der Waals surface area contributed by atoms with Crippen molar-refractivity contribution in [3.63, 3.8) is 0 Å². The van der Waals surface area contributed by atoms with E-state index in [1.165, 1.54) is 12.2 Å². The molecule has 4 heteroatoms. The number of Topliss-reactive ketones (excluding diaryl/α,β-unsaturated/α-hetero) is 1. The van der Waals surface area contributed by atoms with E-state index in [1.54, 1.807) is 0 Å². The van der Waals surface area contributed by atoms with Gasteiger partial charge >= 0.3 is 0 Å². The van der Waals surface area contributed by atoms with E-state index in [0.29, 0.717) is 0 Å². The van der Waals surface area contributed by atoms with Gasteiger partial charge < -0.3 is 9.99 Å². The Morgan fingerprint density at radius 2 is 2.30 bits per heavy atom. The van der Waals surface area contributed by atoms with Crippen LogP contribution in [-0.2, 0) is 9.68 Å². The van der Waals surface area contributed by atoms with Gasteiger partial charge in [0.25, 0.3) is 0 Å². The molecule has 10 heavy (non-hydrogen) atoms. The number of allylic oxidation sites excluding steroid dienone is 3. The number of carbonyl (C=O) groups excluding carboxylic acids is 1. The summed E-state index contributed by atoms with van der Waals surface area (Å²) in [5.74, 6) is -1.17. The first kappa shape index (κ1) is 6.82. The van der Waals surface area contributed by atoms with Crippen molar-refractivity contribution in [1.82, 2.24) is 0 Å². The molecular weight excluding hydrogens is 136 g/mol. The Morgan fingerprint density at radius 3 is 2.80 bits per heavy atom. The van der Waals surface area contributed by atoms with Gasteiger partial charge in [-0.3, -0.25) is 4.79 Å². The van der Waals surface area contributed by atoms with Crippen LogP contribution in [0.25, 0.3) is 0 Å². The van der Waals surface area contributed by atoms with Crippen molar-refractivity contribution >= 4 is 5.78 Å². The first-order valence-corrected chi connectivity index (χ1v) is 2.70. The van der Waals surface area contributed by atoms with Crippen LogP contribution < -0.4 is 0 Å². The summed E-state index contributed by atoms with van der Waals surface area (Å²) in [6.45, 7) is 0. The second-order valence-electron chi connectivity index (χ2n) is 1.83. The number of hydrogen-bond donors (Lipinski definition) is 2. The molecule has 0 saturated heterocycles. The molecule has 1 aliphatic carbocycles. The van der Waals surface area contributed by atoms with Gasteiger partial charge in [-0.05, 0) is 6.08 Å². The second-order valence-corrected chi connectivity index (χ2v) is 1.83. The predicted octanol–water partition coefficient (Wildman–Crippen LogP) is 0.775. The molecule has 0 aliphatic heterocycles. The fourth-order valence-corrected chi connectivity index (χ4v) is 0.660. The Hall–Kier alpha value is -1.29. The quantitative estimate of drug-likeness (QED) is 0.419. The van der Waals surface area contributed by atoms with Crippen LogP contribution in [0.15, 0.2) is 23.7 Å². The Morgan fingerprint density at radius 1 is 1.60 bits per heavy atom. The third kappa shape index (κ3) is 1.01. The zero-order valence-electron chi connectivity index (χ0n) is 5.07.